The summed E-state index contributed by atoms with van der Waals surface area (Å²) in [4.78, 5) is 11.8. The monoisotopic (exact) mass is 401 g/mol. The molecule has 2 heterocycles. The van der Waals surface area contributed by atoms with Crippen LogP contribution in [0.2, 0.25) is 0 Å². The van der Waals surface area contributed by atoms with E-state index in [1.165, 1.54) is 0 Å². The maximum absolute atomic E-state index is 13.1. The van der Waals surface area contributed by atoms with E-state index >= 15 is 0 Å². The maximum Gasteiger partial charge on any atom is 0.319 e. The first-order valence-corrected chi connectivity index (χ1v) is 8.95. The lowest BCUT2D eigenvalue weighted by Crippen LogP contribution is -2.32. The van der Waals surface area contributed by atoms with Crippen molar-refractivity contribution in [1.82, 2.24) is 25.3 Å². The summed E-state index contributed by atoms with van der Waals surface area (Å²) < 4.78 is 28.0. The van der Waals surface area contributed by atoms with E-state index in [-0.39, 0.29) is 12.2 Å². The predicted octanol–water partition coefficient (Wildman–Crippen LogP) is 3.10. The van der Waals surface area contributed by atoms with Crippen LogP contribution >= 0.6 is 0 Å². The Morgan fingerprint density at radius 2 is 1.76 bits per heavy atom. The summed E-state index contributed by atoms with van der Waals surface area (Å²) in [5, 5.41) is 20.7. The molecule has 3 rings (SSSR count). The molecule has 0 aliphatic rings. The van der Waals surface area contributed by atoms with Crippen LogP contribution in [0.25, 0.3) is 5.82 Å². The van der Waals surface area contributed by atoms with E-state index in [0.29, 0.717) is 18.2 Å². The molecule has 0 spiro atoms. The number of amides is 2. The van der Waals surface area contributed by atoms with Gasteiger partial charge in [-0.25, -0.2) is 18.3 Å². The molecule has 0 radical (unpaired) electrons. The third-order valence-corrected chi connectivity index (χ3v) is 4.36. The quantitative estimate of drug-likeness (QED) is 0.552. The first kappa shape index (κ1) is 20.2. The molecule has 2 amide bonds. The second kappa shape index (κ2) is 8.63. The number of urea groups is 1. The van der Waals surface area contributed by atoms with Gasteiger partial charge in [0, 0.05) is 30.5 Å². The second-order valence-corrected chi connectivity index (χ2v) is 6.45. The minimum atomic E-state index is -0.764. The molecule has 152 valence electrons. The maximum atomic E-state index is 13.1. The number of rotatable bonds is 6. The van der Waals surface area contributed by atoms with Crippen LogP contribution in [0.1, 0.15) is 17.0 Å². The lowest BCUT2D eigenvalue weighted by atomic mass is 10.2. The summed E-state index contributed by atoms with van der Waals surface area (Å²) in [6.45, 7) is 6.57. The number of carbonyl (C=O) groups is 1. The van der Waals surface area contributed by atoms with Gasteiger partial charge in [-0.3, -0.25) is 0 Å². The van der Waals surface area contributed by atoms with Crippen molar-refractivity contribution < 1.29 is 13.6 Å². The first-order chi connectivity index (χ1) is 13.8. The first-order valence-electron chi connectivity index (χ1n) is 8.95. The molecule has 0 aliphatic carbocycles. The van der Waals surface area contributed by atoms with Crippen LogP contribution in [0.4, 0.5) is 25.1 Å². The standard InChI is InChI=1S/C19H21F2N7O/c1-11-12(2)27-28(13(11)3)18-5-4-17(25-26-18)22-6-7-23-19(29)24-16-9-14(20)8-15(21)10-16/h4-5,8-10H,6-7H2,1-3H3,(H,22,25)(H2,23,24,29). The van der Waals surface area contributed by atoms with Crippen molar-refractivity contribution in [1.29, 1.82) is 0 Å². The number of aromatic nitrogens is 4. The average molecular weight is 401 g/mol. The van der Waals surface area contributed by atoms with E-state index in [2.05, 4.69) is 31.2 Å². The minimum Gasteiger partial charge on any atom is -0.367 e. The number of hydrogen-bond donors (Lipinski definition) is 3. The smallest absolute Gasteiger partial charge is 0.319 e. The number of hydrogen-bond acceptors (Lipinski definition) is 5. The molecule has 29 heavy (non-hydrogen) atoms. The number of aryl methyl sites for hydroxylation is 1. The molecule has 3 N–H and O–H groups in total. The molecule has 1 aromatic carbocycles. The molecular weight excluding hydrogens is 380 g/mol. The van der Waals surface area contributed by atoms with Crippen LogP contribution in [-0.4, -0.2) is 39.1 Å². The number of halogens is 2. The molecule has 0 aliphatic heterocycles. The number of anilines is 2. The van der Waals surface area contributed by atoms with Gasteiger partial charge >= 0.3 is 6.03 Å². The van der Waals surface area contributed by atoms with Crippen molar-refractivity contribution >= 4 is 17.5 Å². The van der Waals surface area contributed by atoms with Gasteiger partial charge in [0.25, 0.3) is 0 Å². The minimum absolute atomic E-state index is 0.0359. The van der Waals surface area contributed by atoms with Crippen LogP contribution in [-0.2, 0) is 0 Å². The molecular formula is C19H21F2N7O. The van der Waals surface area contributed by atoms with Crippen molar-refractivity contribution in [3.8, 4) is 5.82 Å². The summed E-state index contributed by atoms with van der Waals surface area (Å²) in [5.41, 5.74) is 3.09. The van der Waals surface area contributed by atoms with Gasteiger partial charge in [0.2, 0.25) is 0 Å². The van der Waals surface area contributed by atoms with Gasteiger partial charge in [-0.2, -0.15) is 5.10 Å². The summed E-state index contributed by atoms with van der Waals surface area (Å²) in [6, 6.07) is 5.79. The molecule has 10 heteroatoms. The molecule has 0 unspecified atom stereocenters. The highest BCUT2D eigenvalue weighted by Gasteiger charge is 2.10. The van der Waals surface area contributed by atoms with Crippen molar-refractivity contribution in [3.63, 3.8) is 0 Å². The van der Waals surface area contributed by atoms with Gasteiger partial charge in [-0.15, -0.1) is 10.2 Å². The number of carbonyl (C=O) groups excluding carboxylic acids is 1. The number of benzene rings is 1. The zero-order chi connectivity index (χ0) is 21.0. The van der Waals surface area contributed by atoms with Crippen molar-refractivity contribution in [2.24, 2.45) is 0 Å². The molecule has 3 aromatic rings. The lowest BCUT2D eigenvalue weighted by Gasteiger charge is -2.09. The van der Waals surface area contributed by atoms with Crippen molar-refractivity contribution in [2.75, 3.05) is 23.7 Å². The average Bonchev–Trinajstić information content (AvgIpc) is 2.92. The van der Waals surface area contributed by atoms with E-state index in [1.807, 2.05) is 20.8 Å². The Morgan fingerprint density at radius 1 is 1.03 bits per heavy atom. The number of nitrogens with one attached hydrogen (secondary N) is 3. The number of nitrogens with zero attached hydrogens (tertiary/aromatic N) is 4. The summed E-state index contributed by atoms with van der Waals surface area (Å²) in [5.74, 6) is -0.371. The van der Waals surface area contributed by atoms with E-state index in [0.717, 1.165) is 35.2 Å². The molecule has 0 saturated heterocycles. The molecule has 0 bridgehead atoms. The van der Waals surface area contributed by atoms with Gasteiger partial charge in [-0.1, -0.05) is 0 Å². The van der Waals surface area contributed by atoms with Gasteiger partial charge in [0.1, 0.15) is 17.5 Å². The van der Waals surface area contributed by atoms with E-state index in [1.54, 1.807) is 16.8 Å². The van der Waals surface area contributed by atoms with Crippen LogP contribution in [0, 0.1) is 32.4 Å². The highest BCUT2D eigenvalue weighted by molar-refractivity contribution is 5.89. The van der Waals surface area contributed by atoms with Crippen LogP contribution in [0.15, 0.2) is 30.3 Å². The third-order valence-electron chi connectivity index (χ3n) is 4.36. The fourth-order valence-corrected chi connectivity index (χ4v) is 2.64. The van der Waals surface area contributed by atoms with Crippen LogP contribution in [0.3, 0.4) is 0 Å². The Morgan fingerprint density at radius 3 is 2.34 bits per heavy atom. The van der Waals surface area contributed by atoms with Gasteiger partial charge in [0.05, 0.1) is 5.69 Å². The molecule has 0 saturated carbocycles. The van der Waals surface area contributed by atoms with Crippen molar-refractivity contribution in [3.05, 3.63) is 58.9 Å². The molecule has 0 atom stereocenters. The summed E-state index contributed by atoms with van der Waals surface area (Å²) >= 11 is 0. The lowest BCUT2D eigenvalue weighted by molar-refractivity contribution is 0.252. The summed E-state index contributed by atoms with van der Waals surface area (Å²) in [7, 11) is 0. The molecule has 2 aromatic heterocycles. The van der Waals surface area contributed by atoms with Gasteiger partial charge < -0.3 is 16.0 Å². The zero-order valence-electron chi connectivity index (χ0n) is 16.3. The Hall–Kier alpha value is -3.56. The Labute approximate surface area is 166 Å². The van der Waals surface area contributed by atoms with E-state index < -0.39 is 17.7 Å². The summed E-state index contributed by atoms with van der Waals surface area (Å²) in [6.07, 6.45) is 0. The van der Waals surface area contributed by atoms with Gasteiger partial charge in [-0.05, 0) is 50.6 Å². The predicted molar refractivity (Wildman–Crippen MR) is 105 cm³/mol. The highest BCUT2D eigenvalue weighted by Crippen LogP contribution is 2.15. The van der Waals surface area contributed by atoms with Crippen molar-refractivity contribution in [2.45, 2.75) is 20.8 Å². The van der Waals surface area contributed by atoms with Crippen LogP contribution < -0.4 is 16.0 Å². The van der Waals surface area contributed by atoms with Crippen LogP contribution in [0.5, 0.6) is 0 Å². The fourth-order valence-electron chi connectivity index (χ4n) is 2.64. The third kappa shape index (κ3) is 5.03. The Balaban J connectivity index is 1.47. The zero-order valence-corrected chi connectivity index (χ0v) is 16.3. The fraction of sp³-hybridized carbons (Fsp3) is 0.263. The van der Waals surface area contributed by atoms with Gasteiger partial charge in [0.15, 0.2) is 5.82 Å². The van der Waals surface area contributed by atoms with E-state index in [9.17, 15) is 13.6 Å². The topological polar surface area (TPSA) is 96.8 Å². The Bertz CT molecular complexity index is 998. The normalized spacial score (nSPS) is 10.7. The second-order valence-electron chi connectivity index (χ2n) is 6.45. The molecule has 8 nitrogen and oxygen atoms in total. The molecule has 0 fully saturated rings. The van der Waals surface area contributed by atoms with E-state index in [4.69, 9.17) is 0 Å². The SMILES string of the molecule is Cc1nn(-c2ccc(NCCNC(=O)Nc3cc(F)cc(F)c3)nn2)c(C)c1C. The highest BCUT2D eigenvalue weighted by atomic mass is 19.1. The Kier molecular flexibility index (Phi) is 6.01. The largest absolute Gasteiger partial charge is 0.367 e.